The van der Waals surface area contributed by atoms with Gasteiger partial charge < -0.3 is 9.84 Å². The molecule has 1 rings (SSSR count). The molecule has 3 unspecified atom stereocenters. The average molecular weight is 200 g/mol. The second-order valence-corrected chi connectivity index (χ2v) is 4.75. The molecule has 3 heteroatoms. The summed E-state index contributed by atoms with van der Waals surface area (Å²) in [4.78, 5) is 10.5. The number of ether oxygens (including phenoxy) is 1. The Morgan fingerprint density at radius 2 is 2.07 bits per heavy atom. The van der Waals surface area contributed by atoms with Gasteiger partial charge in [-0.3, -0.25) is 0 Å². The monoisotopic (exact) mass is 200 g/mol. The molecule has 0 aromatic rings. The first-order chi connectivity index (χ1) is 6.50. The van der Waals surface area contributed by atoms with Crippen molar-refractivity contribution in [1.29, 1.82) is 0 Å². The van der Waals surface area contributed by atoms with Crippen LogP contribution >= 0.6 is 0 Å². The van der Waals surface area contributed by atoms with Crippen LogP contribution in [0.3, 0.4) is 0 Å². The molecular formula is C11H20O3. The fourth-order valence-corrected chi connectivity index (χ4v) is 2.38. The van der Waals surface area contributed by atoms with Crippen LogP contribution < -0.4 is 0 Å². The second kappa shape index (κ2) is 4.67. The third-order valence-electron chi connectivity index (χ3n) is 3.21. The van der Waals surface area contributed by atoms with Crippen molar-refractivity contribution in [2.24, 2.45) is 17.8 Å². The number of hydrogen-bond acceptors (Lipinski definition) is 2. The molecule has 0 amide bonds. The molecule has 0 aromatic carbocycles. The van der Waals surface area contributed by atoms with E-state index in [1.54, 1.807) is 0 Å². The number of carbonyl (C=O) groups is 1. The highest BCUT2D eigenvalue weighted by atomic mass is 16.7. The predicted octanol–water partition coefficient (Wildman–Crippen LogP) is 3.14. The van der Waals surface area contributed by atoms with E-state index in [0.717, 1.165) is 12.8 Å². The van der Waals surface area contributed by atoms with Crippen molar-refractivity contribution in [1.82, 2.24) is 0 Å². The SMILES string of the molecule is CC1CCC(C(C)C)C(OC(=O)O)C1. The highest BCUT2D eigenvalue weighted by Gasteiger charge is 2.33. The third kappa shape index (κ3) is 2.89. The van der Waals surface area contributed by atoms with Crippen molar-refractivity contribution in [3.05, 3.63) is 0 Å². The van der Waals surface area contributed by atoms with E-state index in [1.165, 1.54) is 6.42 Å². The van der Waals surface area contributed by atoms with Crippen molar-refractivity contribution >= 4 is 6.16 Å². The maximum absolute atomic E-state index is 10.5. The first-order valence-corrected chi connectivity index (χ1v) is 5.40. The molecule has 1 aliphatic rings. The van der Waals surface area contributed by atoms with Gasteiger partial charge in [0.1, 0.15) is 6.10 Å². The molecule has 0 bridgehead atoms. The van der Waals surface area contributed by atoms with Gasteiger partial charge in [-0.1, -0.05) is 27.2 Å². The zero-order valence-electron chi connectivity index (χ0n) is 9.19. The topological polar surface area (TPSA) is 46.5 Å². The molecule has 14 heavy (non-hydrogen) atoms. The van der Waals surface area contributed by atoms with Crippen LogP contribution in [-0.4, -0.2) is 17.4 Å². The molecule has 0 heterocycles. The summed E-state index contributed by atoms with van der Waals surface area (Å²) in [6, 6.07) is 0. The Kier molecular flexibility index (Phi) is 3.78. The second-order valence-electron chi connectivity index (χ2n) is 4.75. The standard InChI is InChI=1S/C11H20O3/c1-7(2)9-5-4-8(3)6-10(9)14-11(12)13/h7-10H,4-6H2,1-3H3,(H,12,13). The summed E-state index contributed by atoms with van der Waals surface area (Å²) in [5, 5.41) is 8.63. The van der Waals surface area contributed by atoms with Crippen molar-refractivity contribution in [2.75, 3.05) is 0 Å². The van der Waals surface area contributed by atoms with Gasteiger partial charge in [0.2, 0.25) is 0 Å². The fourth-order valence-electron chi connectivity index (χ4n) is 2.38. The smallest absolute Gasteiger partial charge is 0.450 e. The fraction of sp³-hybridized carbons (Fsp3) is 0.909. The van der Waals surface area contributed by atoms with E-state index in [9.17, 15) is 4.79 Å². The summed E-state index contributed by atoms with van der Waals surface area (Å²) in [6.07, 6.45) is 1.96. The van der Waals surface area contributed by atoms with E-state index in [-0.39, 0.29) is 6.10 Å². The van der Waals surface area contributed by atoms with Gasteiger partial charge in [0, 0.05) is 0 Å². The van der Waals surface area contributed by atoms with Crippen molar-refractivity contribution in [3.63, 3.8) is 0 Å². The third-order valence-corrected chi connectivity index (χ3v) is 3.21. The maximum Gasteiger partial charge on any atom is 0.506 e. The Morgan fingerprint density at radius 1 is 1.43 bits per heavy atom. The van der Waals surface area contributed by atoms with E-state index in [2.05, 4.69) is 20.8 Å². The lowest BCUT2D eigenvalue weighted by atomic mass is 9.75. The van der Waals surface area contributed by atoms with Gasteiger partial charge in [-0.2, -0.15) is 0 Å². The van der Waals surface area contributed by atoms with Crippen molar-refractivity contribution in [2.45, 2.75) is 46.1 Å². The van der Waals surface area contributed by atoms with Gasteiger partial charge >= 0.3 is 6.16 Å². The van der Waals surface area contributed by atoms with Crippen LogP contribution in [0.25, 0.3) is 0 Å². The summed E-state index contributed by atoms with van der Waals surface area (Å²) in [5.74, 6) is 1.50. The molecule has 3 atom stereocenters. The molecule has 1 aliphatic carbocycles. The largest absolute Gasteiger partial charge is 0.506 e. The minimum absolute atomic E-state index is 0.0868. The summed E-state index contributed by atoms with van der Waals surface area (Å²) < 4.78 is 4.95. The van der Waals surface area contributed by atoms with Crippen molar-refractivity contribution < 1.29 is 14.6 Å². The first kappa shape index (κ1) is 11.3. The Hall–Kier alpha value is -0.730. The zero-order valence-corrected chi connectivity index (χ0v) is 9.19. The lowest BCUT2D eigenvalue weighted by Crippen LogP contribution is -2.35. The van der Waals surface area contributed by atoms with E-state index >= 15 is 0 Å². The number of carboxylic acid groups (broad SMARTS) is 1. The van der Waals surface area contributed by atoms with Crippen LogP contribution in [0.15, 0.2) is 0 Å². The normalized spacial score (nSPS) is 33.0. The average Bonchev–Trinajstić information content (AvgIpc) is 2.01. The van der Waals surface area contributed by atoms with Crippen LogP contribution in [0, 0.1) is 17.8 Å². The summed E-state index contributed by atoms with van der Waals surface area (Å²) in [5.41, 5.74) is 0. The molecule has 1 saturated carbocycles. The quantitative estimate of drug-likeness (QED) is 0.696. The predicted molar refractivity (Wildman–Crippen MR) is 54.2 cm³/mol. The molecule has 82 valence electrons. The Balaban J connectivity index is 2.58. The van der Waals surface area contributed by atoms with Crippen LogP contribution in [0.1, 0.15) is 40.0 Å². The lowest BCUT2D eigenvalue weighted by Gasteiger charge is -2.35. The van der Waals surface area contributed by atoms with E-state index in [0.29, 0.717) is 17.8 Å². The van der Waals surface area contributed by atoms with Gasteiger partial charge in [0.25, 0.3) is 0 Å². The molecule has 0 aliphatic heterocycles. The number of hydrogen-bond donors (Lipinski definition) is 1. The van der Waals surface area contributed by atoms with E-state index < -0.39 is 6.16 Å². The van der Waals surface area contributed by atoms with Gasteiger partial charge in [-0.15, -0.1) is 0 Å². The summed E-state index contributed by atoms with van der Waals surface area (Å²) in [6.45, 7) is 6.44. The Morgan fingerprint density at radius 3 is 2.57 bits per heavy atom. The summed E-state index contributed by atoms with van der Waals surface area (Å²) >= 11 is 0. The molecule has 0 saturated heterocycles. The minimum atomic E-state index is -1.13. The van der Waals surface area contributed by atoms with Crippen LogP contribution in [0.5, 0.6) is 0 Å². The van der Waals surface area contributed by atoms with E-state index in [1.807, 2.05) is 0 Å². The highest BCUT2D eigenvalue weighted by Crippen LogP contribution is 2.35. The molecule has 0 spiro atoms. The van der Waals surface area contributed by atoms with Crippen LogP contribution in [0.2, 0.25) is 0 Å². The van der Waals surface area contributed by atoms with Gasteiger partial charge in [0.15, 0.2) is 0 Å². The molecule has 1 fully saturated rings. The first-order valence-electron chi connectivity index (χ1n) is 5.40. The van der Waals surface area contributed by atoms with Gasteiger partial charge in [-0.25, -0.2) is 4.79 Å². The molecule has 0 radical (unpaired) electrons. The maximum atomic E-state index is 10.5. The highest BCUT2D eigenvalue weighted by molar-refractivity contribution is 5.57. The van der Waals surface area contributed by atoms with Gasteiger partial charge in [-0.05, 0) is 30.6 Å². The summed E-state index contributed by atoms with van der Waals surface area (Å²) in [7, 11) is 0. The van der Waals surface area contributed by atoms with Crippen LogP contribution in [0.4, 0.5) is 4.79 Å². The zero-order chi connectivity index (χ0) is 10.7. The molecular weight excluding hydrogens is 180 g/mol. The minimum Gasteiger partial charge on any atom is -0.450 e. The van der Waals surface area contributed by atoms with E-state index in [4.69, 9.17) is 9.84 Å². The molecule has 1 N–H and O–H groups in total. The van der Waals surface area contributed by atoms with Crippen molar-refractivity contribution in [3.8, 4) is 0 Å². The molecule has 0 aromatic heterocycles. The molecule has 3 nitrogen and oxygen atoms in total. The number of rotatable bonds is 2. The van der Waals surface area contributed by atoms with Gasteiger partial charge in [0.05, 0.1) is 0 Å². The Labute approximate surface area is 85.5 Å². The lowest BCUT2D eigenvalue weighted by molar-refractivity contribution is -0.0174. The van der Waals surface area contributed by atoms with Crippen LogP contribution in [-0.2, 0) is 4.74 Å². The Bertz CT molecular complexity index is 201.